The van der Waals surface area contributed by atoms with Gasteiger partial charge in [-0.15, -0.1) is 24.8 Å². The fourth-order valence-electron chi connectivity index (χ4n) is 7.71. The van der Waals surface area contributed by atoms with E-state index in [1.165, 1.54) is 19.1 Å². The maximum atomic E-state index is 12.8. The van der Waals surface area contributed by atoms with E-state index in [1.807, 2.05) is 48.5 Å². The van der Waals surface area contributed by atoms with E-state index in [1.54, 1.807) is 56.7 Å². The largest absolute Gasteiger partial charge is 0.497 e. The minimum Gasteiger partial charge on any atom is -0.497 e. The minimum absolute atomic E-state index is 0. The average molecular weight is 1060 g/mol. The summed E-state index contributed by atoms with van der Waals surface area (Å²) in [7, 11) is 3.28. The van der Waals surface area contributed by atoms with Gasteiger partial charge in [-0.1, -0.05) is 56.1 Å². The van der Waals surface area contributed by atoms with Crippen molar-refractivity contribution >= 4 is 90.4 Å². The third-order valence-electron chi connectivity index (χ3n) is 10.9. The molecule has 2 amide bonds. The van der Waals surface area contributed by atoms with Crippen LogP contribution in [0.3, 0.4) is 0 Å². The van der Waals surface area contributed by atoms with E-state index >= 15 is 0 Å². The smallest absolute Gasteiger partial charge is 0.287 e. The number of carbonyl (C=O) groups is 2. The molecule has 2 unspecified atom stereocenters. The molecule has 13 nitrogen and oxygen atoms in total. The van der Waals surface area contributed by atoms with Crippen LogP contribution < -0.4 is 31.0 Å². The zero-order valence-electron chi connectivity index (χ0n) is 36.1. The van der Waals surface area contributed by atoms with E-state index in [2.05, 4.69) is 52.3 Å². The lowest BCUT2D eigenvalue weighted by molar-refractivity contribution is 0.0903. The van der Waals surface area contributed by atoms with Gasteiger partial charge in [0.1, 0.15) is 22.7 Å². The number of nitriles is 1. The molecule has 2 aliphatic heterocycles. The van der Waals surface area contributed by atoms with Gasteiger partial charge in [0, 0.05) is 41.1 Å². The Morgan fingerprint density at radius 3 is 1.29 bits per heavy atom. The van der Waals surface area contributed by atoms with Crippen molar-refractivity contribution in [2.75, 3.05) is 53.5 Å². The molecular formula is C48H51Br2Cl2N5O8. The van der Waals surface area contributed by atoms with E-state index in [4.69, 9.17) is 23.6 Å². The van der Waals surface area contributed by atoms with Gasteiger partial charge in [0.05, 0.1) is 43.1 Å². The van der Waals surface area contributed by atoms with Crippen LogP contribution in [0.5, 0.6) is 11.5 Å². The number of fused-ring (bicyclic) bond motifs is 2. The molecule has 0 saturated carbocycles. The van der Waals surface area contributed by atoms with Gasteiger partial charge in [0.25, 0.3) is 11.8 Å². The summed E-state index contributed by atoms with van der Waals surface area (Å²) in [6.07, 6.45) is 4.59. The van der Waals surface area contributed by atoms with Crippen LogP contribution in [-0.2, 0) is 0 Å². The van der Waals surface area contributed by atoms with Crippen LogP contribution in [0.25, 0.3) is 21.9 Å². The second-order valence-corrected chi connectivity index (χ2v) is 16.8. The van der Waals surface area contributed by atoms with Crippen LogP contribution >= 0.6 is 56.7 Å². The van der Waals surface area contributed by atoms with Crippen LogP contribution in [0.4, 0.5) is 0 Å². The molecule has 2 aliphatic rings. The second-order valence-electron chi connectivity index (χ2n) is 14.9. The summed E-state index contributed by atoms with van der Waals surface area (Å²) in [5, 5.41) is 14.1. The Balaban J connectivity index is 0.000000261. The highest BCUT2D eigenvalue weighted by Gasteiger charge is 2.26. The van der Waals surface area contributed by atoms with Gasteiger partial charge in [-0.25, -0.2) is 0 Å². The third kappa shape index (κ3) is 13.9. The number of rotatable bonds is 12. The molecule has 0 radical (unpaired) electrons. The normalized spacial score (nSPS) is 14.2. The first-order chi connectivity index (χ1) is 30.5. The van der Waals surface area contributed by atoms with E-state index in [9.17, 15) is 19.2 Å². The van der Waals surface area contributed by atoms with Crippen molar-refractivity contribution in [1.29, 1.82) is 5.26 Å². The lowest BCUT2D eigenvalue weighted by atomic mass is 10.1. The number of hydrogen-bond donors (Lipinski definition) is 2. The highest BCUT2D eigenvalue weighted by Crippen LogP contribution is 2.28. The van der Waals surface area contributed by atoms with Crippen molar-refractivity contribution in [1.82, 2.24) is 20.4 Å². The molecular weight excluding hydrogens is 1010 g/mol. The highest BCUT2D eigenvalue weighted by molar-refractivity contribution is 9.10. The molecule has 65 heavy (non-hydrogen) atoms. The van der Waals surface area contributed by atoms with Gasteiger partial charge in [-0.3, -0.25) is 29.0 Å². The Morgan fingerprint density at radius 1 is 0.631 bits per heavy atom. The first-order valence-corrected chi connectivity index (χ1v) is 22.2. The van der Waals surface area contributed by atoms with Gasteiger partial charge < -0.3 is 28.9 Å². The summed E-state index contributed by atoms with van der Waals surface area (Å²) in [6, 6.07) is 30.5. The number of nitrogens with one attached hydrogen (secondary N) is 2. The molecule has 6 aromatic rings. The number of amides is 2. The zero-order valence-corrected chi connectivity index (χ0v) is 40.9. The topological polar surface area (TPSA) is 167 Å². The Morgan fingerprint density at radius 2 is 0.969 bits per heavy atom. The fourth-order valence-corrected chi connectivity index (χ4v) is 8.39. The molecule has 2 fully saturated rings. The van der Waals surface area contributed by atoms with Crippen LogP contribution in [0.15, 0.2) is 124 Å². The van der Waals surface area contributed by atoms with Crippen molar-refractivity contribution < 1.29 is 27.9 Å². The fraction of sp³-hybridized carbons (Fsp3) is 0.312. The Labute approximate surface area is 406 Å². The van der Waals surface area contributed by atoms with Gasteiger partial charge >= 0.3 is 0 Å². The number of benzene rings is 4. The van der Waals surface area contributed by atoms with Gasteiger partial charge in [0.15, 0.2) is 22.4 Å². The summed E-state index contributed by atoms with van der Waals surface area (Å²) in [5.41, 5.74) is 2.52. The molecule has 2 atom stereocenters. The van der Waals surface area contributed by atoms with Gasteiger partial charge in [-0.05, 0) is 124 Å². The van der Waals surface area contributed by atoms with Crippen LogP contribution in [0, 0.1) is 11.3 Å². The molecule has 8 rings (SSSR count). The monoisotopic (exact) mass is 1050 g/mol. The number of carbonyl (C=O) groups excluding carboxylic acids is 2. The molecule has 0 bridgehead atoms. The molecule has 0 spiro atoms. The van der Waals surface area contributed by atoms with E-state index < -0.39 is 11.8 Å². The van der Waals surface area contributed by atoms with Crippen molar-refractivity contribution in [2.24, 2.45) is 0 Å². The Hall–Kier alpha value is -5.21. The quantitative estimate of drug-likeness (QED) is 0.120. The number of halogens is 4. The summed E-state index contributed by atoms with van der Waals surface area (Å²) in [6.45, 7) is 6.24. The van der Waals surface area contributed by atoms with E-state index in [0.717, 1.165) is 83.4 Å². The van der Waals surface area contributed by atoms with Crippen molar-refractivity contribution in [3.05, 3.63) is 149 Å². The standard InChI is InChI=1S/2C23H23BrN2O4.C2H3N.2ClH/c2*1-29-17-7-4-15(5-8-17)19(26-10-2-3-11-26)14-25-23(28)22-13-20(27)18-9-6-16(24)12-21(18)30-22;1-2-3;;/h2*4-9,12-13,19H,2-3,10-11,14H2,1H3,(H,25,28);1H3;2*1H. The van der Waals surface area contributed by atoms with Crippen molar-refractivity contribution in [2.45, 2.75) is 44.7 Å². The lowest BCUT2D eigenvalue weighted by Gasteiger charge is -2.28. The number of hydrogen-bond acceptors (Lipinski definition) is 11. The van der Waals surface area contributed by atoms with Crippen LogP contribution in [0.1, 0.15) is 76.9 Å². The summed E-state index contributed by atoms with van der Waals surface area (Å²) >= 11 is 6.73. The molecule has 2 aromatic heterocycles. The Bertz CT molecular complexity index is 2500. The predicted molar refractivity (Wildman–Crippen MR) is 264 cm³/mol. The SMILES string of the molecule is CC#N.COc1ccc(C(CNC(=O)c2cc(=O)c3ccc(Br)cc3o2)N2CCCC2)cc1.COc1ccc(C(CNC(=O)c2cc(=O)c3ccc(Br)cc3o2)N2CCCC2)cc1.Cl.Cl. The number of likely N-dealkylation sites (tertiary alicyclic amines) is 2. The number of nitrogens with zero attached hydrogens (tertiary/aromatic N) is 3. The summed E-state index contributed by atoms with van der Waals surface area (Å²) in [5.74, 6) is 0.832. The van der Waals surface area contributed by atoms with Crippen molar-refractivity contribution in [3.8, 4) is 17.6 Å². The second kappa shape index (κ2) is 25.5. The first kappa shape index (κ1) is 52.4. The average Bonchev–Trinajstić information content (AvgIpc) is 4.03. The minimum atomic E-state index is -0.397. The van der Waals surface area contributed by atoms with Crippen molar-refractivity contribution in [3.63, 3.8) is 0 Å². The van der Waals surface area contributed by atoms with E-state index in [0.29, 0.717) is 35.0 Å². The molecule has 0 aliphatic carbocycles. The zero-order chi connectivity index (χ0) is 44.9. The summed E-state index contributed by atoms with van der Waals surface area (Å²) in [4.78, 5) is 55.0. The summed E-state index contributed by atoms with van der Waals surface area (Å²) < 4.78 is 23.5. The molecule has 2 N–H and O–H groups in total. The third-order valence-corrected chi connectivity index (χ3v) is 11.9. The molecule has 344 valence electrons. The maximum absolute atomic E-state index is 12.8. The molecule has 17 heteroatoms. The lowest BCUT2D eigenvalue weighted by Crippen LogP contribution is -2.37. The highest BCUT2D eigenvalue weighted by atomic mass is 79.9. The van der Waals surface area contributed by atoms with Crippen LogP contribution in [-0.4, -0.2) is 75.1 Å². The predicted octanol–water partition coefficient (Wildman–Crippen LogP) is 9.64. The maximum Gasteiger partial charge on any atom is 0.287 e. The first-order valence-electron chi connectivity index (χ1n) is 20.6. The van der Waals surface area contributed by atoms with E-state index in [-0.39, 0.29) is 59.3 Å². The molecule has 2 saturated heterocycles. The Kier molecular flexibility index (Phi) is 20.5. The van der Waals surface area contributed by atoms with Gasteiger partial charge in [-0.2, -0.15) is 5.26 Å². The van der Waals surface area contributed by atoms with Crippen LogP contribution in [0.2, 0.25) is 0 Å². The number of ether oxygens (including phenoxy) is 2. The van der Waals surface area contributed by atoms with Gasteiger partial charge in [0.2, 0.25) is 0 Å². The number of methoxy groups -OCH3 is 2. The molecule has 4 aromatic carbocycles. The molecule has 4 heterocycles.